The highest BCUT2D eigenvalue weighted by molar-refractivity contribution is 5.87. The number of ether oxygens (including phenoxy) is 1. The van der Waals surface area contributed by atoms with Crippen molar-refractivity contribution in [2.24, 2.45) is 0 Å². The van der Waals surface area contributed by atoms with Crippen LogP contribution in [-0.2, 0) is 0 Å². The molecule has 0 aliphatic heterocycles. The molecule has 0 atom stereocenters. The quantitative estimate of drug-likeness (QED) is 0.738. The van der Waals surface area contributed by atoms with Gasteiger partial charge in [0.1, 0.15) is 11.3 Å². The van der Waals surface area contributed by atoms with Crippen LogP contribution in [0.5, 0.6) is 5.75 Å². The van der Waals surface area contributed by atoms with Crippen LogP contribution in [0.2, 0.25) is 0 Å². The van der Waals surface area contributed by atoms with Crippen molar-refractivity contribution in [3.8, 4) is 5.75 Å². The van der Waals surface area contributed by atoms with E-state index in [2.05, 4.69) is 20.3 Å². The number of hydrogen-bond donors (Lipinski definition) is 2. The molecule has 18 heavy (non-hydrogen) atoms. The third-order valence-corrected chi connectivity index (χ3v) is 2.69. The highest BCUT2D eigenvalue weighted by Gasteiger charge is 2.04. The molecular weight excluding hydrogens is 228 g/mol. The summed E-state index contributed by atoms with van der Waals surface area (Å²) in [6, 6.07) is 9.56. The Morgan fingerprint density at radius 3 is 2.72 bits per heavy atom. The Bertz CT molecular complexity index is 660. The van der Waals surface area contributed by atoms with Gasteiger partial charge in [0.2, 0.25) is 0 Å². The van der Waals surface area contributed by atoms with Gasteiger partial charge in [-0.15, -0.1) is 0 Å². The van der Waals surface area contributed by atoms with Gasteiger partial charge in [-0.2, -0.15) is 0 Å². The van der Waals surface area contributed by atoms with Gasteiger partial charge >= 0.3 is 0 Å². The van der Waals surface area contributed by atoms with Crippen molar-refractivity contribution >= 4 is 22.5 Å². The van der Waals surface area contributed by atoms with Gasteiger partial charge < -0.3 is 15.0 Å². The molecule has 2 aromatic heterocycles. The van der Waals surface area contributed by atoms with Crippen molar-refractivity contribution in [2.45, 2.75) is 0 Å². The molecule has 5 heteroatoms. The second kappa shape index (κ2) is 4.37. The number of rotatable bonds is 3. The van der Waals surface area contributed by atoms with E-state index in [4.69, 9.17) is 4.74 Å². The zero-order valence-electron chi connectivity index (χ0n) is 9.84. The lowest BCUT2D eigenvalue weighted by molar-refractivity contribution is 0.415. The van der Waals surface area contributed by atoms with Gasteiger partial charge in [0, 0.05) is 11.9 Å². The maximum absolute atomic E-state index is 5.12. The fourth-order valence-electron chi connectivity index (χ4n) is 1.77. The van der Waals surface area contributed by atoms with Crippen molar-refractivity contribution in [1.29, 1.82) is 0 Å². The third kappa shape index (κ3) is 1.86. The van der Waals surface area contributed by atoms with E-state index in [1.807, 2.05) is 30.3 Å². The normalized spacial score (nSPS) is 10.5. The first-order valence-corrected chi connectivity index (χ1v) is 5.56. The standard InChI is InChI=1S/C13H12N4O/c1-18-10-4-2-9(3-5-10)17-13-12-11(6-7-14-13)15-8-16-12/h2-8H,1H3,(H,14,17)(H,15,16). The Hall–Kier alpha value is -2.56. The van der Waals surface area contributed by atoms with Crippen LogP contribution in [0.25, 0.3) is 11.0 Å². The summed E-state index contributed by atoms with van der Waals surface area (Å²) in [5, 5.41) is 3.24. The molecule has 5 nitrogen and oxygen atoms in total. The largest absolute Gasteiger partial charge is 0.497 e. The van der Waals surface area contributed by atoms with E-state index in [0.717, 1.165) is 28.3 Å². The van der Waals surface area contributed by atoms with E-state index >= 15 is 0 Å². The second-order valence-corrected chi connectivity index (χ2v) is 3.81. The third-order valence-electron chi connectivity index (χ3n) is 2.69. The van der Waals surface area contributed by atoms with Gasteiger partial charge in [0.15, 0.2) is 5.82 Å². The number of anilines is 2. The van der Waals surface area contributed by atoms with Gasteiger partial charge in [-0.1, -0.05) is 0 Å². The van der Waals surface area contributed by atoms with Gasteiger partial charge in [-0.3, -0.25) is 0 Å². The summed E-state index contributed by atoms with van der Waals surface area (Å²) in [5.74, 6) is 1.56. The molecule has 0 bridgehead atoms. The monoisotopic (exact) mass is 240 g/mol. The lowest BCUT2D eigenvalue weighted by Crippen LogP contribution is -1.94. The molecule has 0 fully saturated rings. The molecule has 90 valence electrons. The average Bonchev–Trinajstić information content (AvgIpc) is 2.89. The topological polar surface area (TPSA) is 62.8 Å². The molecule has 0 amide bonds. The molecule has 1 aromatic carbocycles. The summed E-state index contributed by atoms with van der Waals surface area (Å²) in [6.07, 6.45) is 3.40. The van der Waals surface area contributed by atoms with Crippen molar-refractivity contribution in [2.75, 3.05) is 12.4 Å². The molecule has 3 rings (SSSR count). The van der Waals surface area contributed by atoms with Crippen LogP contribution in [0.3, 0.4) is 0 Å². The highest BCUT2D eigenvalue weighted by Crippen LogP contribution is 2.22. The first-order chi connectivity index (χ1) is 8.86. The number of methoxy groups -OCH3 is 1. The van der Waals surface area contributed by atoms with E-state index in [1.165, 1.54) is 0 Å². The minimum Gasteiger partial charge on any atom is -0.497 e. The summed E-state index contributed by atoms with van der Waals surface area (Å²) in [7, 11) is 1.65. The molecule has 0 spiro atoms. The number of aromatic nitrogens is 3. The van der Waals surface area contributed by atoms with Crippen LogP contribution in [0.1, 0.15) is 0 Å². The Labute approximate surface area is 104 Å². The molecule has 2 heterocycles. The second-order valence-electron chi connectivity index (χ2n) is 3.81. The SMILES string of the molecule is COc1ccc(Nc2nccc3[nH]cnc23)cc1. The summed E-state index contributed by atoms with van der Waals surface area (Å²) < 4.78 is 5.12. The molecular formula is C13H12N4O. The Morgan fingerprint density at radius 2 is 1.94 bits per heavy atom. The molecule has 0 saturated heterocycles. The van der Waals surface area contributed by atoms with E-state index in [9.17, 15) is 0 Å². The lowest BCUT2D eigenvalue weighted by Gasteiger charge is -2.06. The van der Waals surface area contributed by atoms with Crippen molar-refractivity contribution in [3.63, 3.8) is 0 Å². The van der Waals surface area contributed by atoms with Crippen LogP contribution >= 0.6 is 0 Å². The first-order valence-electron chi connectivity index (χ1n) is 5.56. The number of nitrogens with zero attached hydrogens (tertiary/aromatic N) is 2. The fourth-order valence-corrected chi connectivity index (χ4v) is 1.77. The first kappa shape index (κ1) is 10.6. The predicted molar refractivity (Wildman–Crippen MR) is 70.2 cm³/mol. The highest BCUT2D eigenvalue weighted by atomic mass is 16.5. The molecule has 0 radical (unpaired) electrons. The number of aromatic amines is 1. The maximum Gasteiger partial charge on any atom is 0.158 e. The summed E-state index contributed by atoms with van der Waals surface area (Å²) in [5.41, 5.74) is 2.73. The molecule has 0 aliphatic rings. The van der Waals surface area contributed by atoms with Crippen LogP contribution in [0, 0.1) is 0 Å². The van der Waals surface area contributed by atoms with Crippen molar-refractivity contribution in [3.05, 3.63) is 42.9 Å². The van der Waals surface area contributed by atoms with Gasteiger partial charge in [0.05, 0.1) is 19.0 Å². The lowest BCUT2D eigenvalue weighted by atomic mass is 10.3. The van der Waals surface area contributed by atoms with E-state index in [-0.39, 0.29) is 0 Å². The summed E-state index contributed by atoms with van der Waals surface area (Å²) in [4.78, 5) is 11.6. The molecule has 0 aliphatic carbocycles. The van der Waals surface area contributed by atoms with Crippen LogP contribution in [0.15, 0.2) is 42.9 Å². The number of fused-ring (bicyclic) bond motifs is 1. The predicted octanol–water partition coefficient (Wildman–Crippen LogP) is 2.71. The summed E-state index contributed by atoms with van der Waals surface area (Å²) in [6.45, 7) is 0. The van der Waals surface area contributed by atoms with Crippen molar-refractivity contribution in [1.82, 2.24) is 15.0 Å². The number of nitrogens with one attached hydrogen (secondary N) is 2. The van der Waals surface area contributed by atoms with Crippen LogP contribution < -0.4 is 10.1 Å². The Balaban J connectivity index is 1.93. The minimum absolute atomic E-state index is 0.735. The molecule has 2 N–H and O–H groups in total. The zero-order valence-corrected chi connectivity index (χ0v) is 9.84. The smallest absolute Gasteiger partial charge is 0.158 e. The minimum atomic E-state index is 0.735. The molecule has 0 saturated carbocycles. The van der Waals surface area contributed by atoms with E-state index in [1.54, 1.807) is 19.6 Å². The van der Waals surface area contributed by atoms with Crippen LogP contribution in [0.4, 0.5) is 11.5 Å². The maximum atomic E-state index is 5.12. The Kier molecular flexibility index (Phi) is 2.57. The molecule has 0 unspecified atom stereocenters. The van der Waals surface area contributed by atoms with Gasteiger partial charge in [0.25, 0.3) is 0 Å². The molecule has 3 aromatic rings. The van der Waals surface area contributed by atoms with Gasteiger partial charge in [-0.25, -0.2) is 9.97 Å². The Morgan fingerprint density at radius 1 is 1.11 bits per heavy atom. The number of benzene rings is 1. The zero-order chi connectivity index (χ0) is 12.4. The van der Waals surface area contributed by atoms with Crippen LogP contribution in [-0.4, -0.2) is 22.1 Å². The van der Waals surface area contributed by atoms with Crippen molar-refractivity contribution < 1.29 is 4.74 Å². The number of pyridine rings is 1. The fraction of sp³-hybridized carbons (Fsp3) is 0.0769. The number of hydrogen-bond acceptors (Lipinski definition) is 4. The number of H-pyrrole nitrogens is 1. The number of imidazole rings is 1. The van der Waals surface area contributed by atoms with E-state index < -0.39 is 0 Å². The van der Waals surface area contributed by atoms with E-state index in [0.29, 0.717) is 0 Å². The average molecular weight is 240 g/mol. The van der Waals surface area contributed by atoms with Gasteiger partial charge in [-0.05, 0) is 30.3 Å². The summed E-state index contributed by atoms with van der Waals surface area (Å²) >= 11 is 0.